The van der Waals surface area contributed by atoms with Gasteiger partial charge in [0.1, 0.15) is 0 Å². The van der Waals surface area contributed by atoms with Gasteiger partial charge in [-0.15, -0.1) is 0 Å². The molecule has 2 nitrogen and oxygen atoms in total. The van der Waals surface area contributed by atoms with Gasteiger partial charge >= 0.3 is 5.97 Å². The van der Waals surface area contributed by atoms with E-state index in [0.717, 1.165) is 18.8 Å². The normalized spacial score (nSPS) is 52.6. The Balaban J connectivity index is 1.89. The summed E-state index contributed by atoms with van der Waals surface area (Å²) in [7, 11) is 0. The Morgan fingerprint density at radius 2 is 2.25 bits per heavy atom. The van der Waals surface area contributed by atoms with Crippen molar-refractivity contribution in [2.45, 2.75) is 38.5 Å². The molecule has 0 aliphatic heterocycles. The Morgan fingerprint density at radius 1 is 1.38 bits per heavy atom. The maximum absolute atomic E-state index is 11.7. The predicted octanol–water partition coefficient (Wildman–Crippen LogP) is 2.84. The van der Waals surface area contributed by atoms with E-state index < -0.39 is 11.4 Å². The average Bonchev–Trinajstić information content (AvgIpc) is 2.91. The van der Waals surface area contributed by atoms with E-state index in [9.17, 15) is 9.90 Å². The van der Waals surface area contributed by atoms with Crippen molar-refractivity contribution >= 4 is 5.97 Å². The molecule has 4 aliphatic carbocycles. The van der Waals surface area contributed by atoms with Crippen molar-refractivity contribution in [1.29, 1.82) is 0 Å². The molecule has 0 saturated heterocycles. The summed E-state index contributed by atoms with van der Waals surface area (Å²) >= 11 is 0. The summed E-state index contributed by atoms with van der Waals surface area (Å²) in [6, 6.07) is 0. The fraction of sp³-hybridized carbons (Fsp3) is 0.786. The zero-order valence-corrected chi connectivity index (χ0v) is 9.48. The third kappa shape index (κ3) is 0.813. The minimum absolute atomic E-state index is 0.407. The van der Waals surface area contributed by atoms with Crippen molar-refractivity contribution < 1.29 is 9.90 Å². The first-order valence-electron chi connectivity index (χ1n) is 6.69. The quantitative estimate of drug-likeness (QED) is 0.687. The van der Waals surface area contributed by atoms with E-state index in [-0.39, 0.29) is 0 Å². The number of aliphatic carboxylic acids is 1. The monoisotopic (exact) mass is 218 g/mol. The molecule has 0 aromatic heterocycles. The zero-order valence-electron chi connectivity index (χ0n) is 9.48. The minimum atomic E-state index is -0.519. The number of carboxylic acids is 1. The minimum Gasteiger partial charge on any atom is -0.481 e. The highest BCUT2D eigenvalue weighted by Crippen LogP contribution is 2.68. The maximum Gasteiger partial charge on any atom is 0.314 e. The first kappa shape index (κ1) is 9.26. The van der Waals surface area contributed by atoms with Crippen LogP contribution in [0.25, 0.3) is 0 Å². The fourth-order valence-electron chi connectivity index (χ4n) is 5.39. The largest absolute Gasteiger partial charge is 0.481 e. The summed E-state index contributed by atoms with van der Waals surface area (Å²) in [5, 5.41) is 9.68. The van der Waals surface area contributed by atoms with Crippen LogP contribution in [0, 0.1) is 29.1 Å². The van der Waals surface area contributed by atoms with Crippen LogP contribution >= 0.6 is 0 Å². The van der Waals surface area contributed by atoms with Crippen LogP contribution in [-0.4, -0.2) is 11.1 Å². The lowest BCUT2D eigenvalue weighted by Crippen LogP contribution is -2.42. The number of hydrogen-bond acceptors (Lipinski definition) is 1. The van der Waals surface area contributed by atoms with Crippen LogP contribution in [0.3, 0.4) is 0 Å². The molecule has 0 amide bonds. The van der Waals surface area contributed by atoms with E-state index in [4.69, 9.17) is 0 Å². The van der Waals surface area contributed by atoms with E-state index in [1.54, 1.807) is 0 Å². The van der Waals surface area contributed by atoms with Crippen molar-refractivity contribution in [2.24, 2.45) is 29.1 Å². The smallest absolute Gasteiger partial charge is 0.314 e. The molecule has 86 valence electrons. The number of allylic oxidation sites excluding steroid dienone is 1. The van der Waals surface area contributed by atoms with E-state index in [0.29, 0.717) is 17.8 Å². The first-order valence-corrected chi connectivity index (χ1v) is 6.69. The summed E-state index contributed by atoms with van der Waals surface area (Å²) < 4.78 is 0. The number of rotatable bonds is 1. The van der Waals surface area contributed by atoms with Crippen LogP contribution < -0.4 is 0 Å². The second-order valence-electron chi connectivity index (χ2n) is 6.23. The van der Waals surface area contributed by atoms with Crippen LogP contribution in [0.1, 0.15) is 38.5 Å². The van der Waals surface area contributed by atoms with Crippen LogP contribution in [0.5, 0.6) is 0 Å². The molecule has 4 bridgehead atoms. The van der Waals surface area contributed by atoms with Gasteiger partial charge in [-0.1, -0.05) is 18.1 Å². The molecule has 16 heavy (non-hydrogen) atoms. The van der Waals surface area contributed by atoms with Crippen molar-refractivity contribution in [3.05, 3.63) is 11.6 Å². The number of carbonyl (C=O) groups is 1. The number of carboxylic acid groups (broad SMARTS) is 1. The predicted molar refractivity (Wildman–Crippen MR) is 59.8 cm³/mol. The molecule has 5 unspecified atom stereocenters. The number of hydrogen-bond donors (Lipinski definition) is 1. The van der Waals surface area contributed by atoms with Crippen LogP contribution in [-0.2, 0) is 4.79 Å². The van der Waals surface area contributed by atoms with Gasteiger partial charge in [-0.05, 0) is 55.8 Å². The molecule has 0 aromatic carbocycles. The first-order chi connectivity index (χ1) is 7.73. The van der Waals surface area contributed by atoms with Crippen LogP contribution in [0.2, 0.25) is 0 Å². The second kappa shape index (κ2) is 2.72. The lowest BCUT2D eigenvalue weighted by molar-refractivity contribution is -0.151. The van der Waals surface area contributed by atoms with Crippen molar-refractivity contribution in [1.82, 2.24) is 0 Å². The SMILES string of the molecule is O=C(O)C12CCC3CC1C1CCCC1C=C32. The molecule has 4 rings (SSSR count). The van der Waals surface area contributed by atoms with Gasteiger partial charge in [-0.25, -0.2) is 0 Å². The fourth-order valence-corrected chi connectivity index (χ4v) is 5.39. The standard InChI is InChI=1S/C14H18O2/c15-13(16)14-5-4-9-7-12(14)10-3-1-2-8(10)6-11(9)14/h6,8-10,12H,1-5,7H2,(H,15,16). The molecular formula is C14H18O2. The van der Waals surface area contributed by atoms with Gasteiger partial charge in [0.25, 0.3) is 0 Å². The lowest BCUT2D eigenvalue weighted by atomic mass is 9.62. The van der Waals surface area contributed by atoms with Gasteiger partial charge in [0, 0.05) is 0 Å². The van der Waals surface area contributed by atoms with Gasteiger partial charge < -0.3 is 5.11 Å². The van der Waals surface area contributed by atoms with Gasteiger partial charge in [0.05, 0.1) is 5.41 Å². The molecular weight excluding hydrogens is 200 g/mol. The molecule has 0 spiro atoms. The lowest BCUT2D eigenvalue weighted by Gasteiger charge is -2.40. The average molecular weight is 218 g/mol. The summed E-state index contributed by atoms with van der Waals surface area (Å²) in [4.78, 5) is 11.7. The highest BCUT2D eigenvalue weighted by Gasteiger charge is 2.65. The zero-order chi connectivity index (χ0) is 10.9. The Hall–Kier alpha value is -0.790. The Labute approximate surface area is 95.7 Å². The van der Waals surface area contributed by atoms with Gasteiger partial charge in [0.2, 0.25) is 0 Å². The Kier molecular flexibility index (Phi) is 1.57. The molecule has 0 heterocycles. The highest BCUT2D eigenvalue weighted by molar-refractivity contribution is 5.81. The summed E-state index contributed by atoms with van der Waals surface area (Å²) in [6.45, 7) is 0. The summed E-state index contributed by atoms with van der Waals surface area (Å²) in [6.07, 6.45) is 9.54. The van der Waals surface area contributed by atoms with Gasteiger partial charge in [-0.2, -0.15) is 0 Å². The molecule has 3 fully saturated rings. The summed E-state index contributed by atoms with van der Waals surface area (Å²) in [5.74, 6) is 2.03. The van der Waals surface area contributed by atoms with E-state index in [1.165, 1.54) is 31.3 Å². The Bertz CT molecular complexity index is 398. The Morgan fingerprint density at radius 3 is 3.06 bits per heavy atom. The van der Waals surface area contributed by atoms with Crippen molar-refractivity contribution in [3.63, 3.8) is 0 Å². The topological polar surface area (TPSA) is 37.3 Å². The maximum atomic E-state index is 11.7. The second-order valence-corrected chi connectivity index (χ2v) is 6.23. The van der Waals surface area contributed by atoms with Crippen molar-refractivity contribution in [2.75, 3.05) is 0 Å². The third-order valence-corrected chi connectivity index (χ3v) is 5.93. The third-order valence-electron chi connectivity index (χ3n) is 5.93. The molecule has 5 atom stereocenters. The molecule has 0 aromatic rings. The van der Waals surface area contributed by atoms with Gasteiger partial charge in [0.15, 0.2) is 0 Å². The van der Waals surface area contributed by atoms with Crippen molar-refractivity contribution in [3.8, 4) is 0 Å². The number of fused-ring (bicyclic) bond motifs is 2. The van der Waals surface area contributed by atoms with Crippen LogP contribution in [0.4, 0.5) is 0 Å². The molecule has 2 heteroatoms. The molecule has 3 saturated carbocycles. The molecule has 4 aliphatic rings. The van der Waals surface area contributed by atoms with E-state index in [1.807, 2.05) is 0 Å². The highest BCUT2D eigenvalue weighted by atomic mass is 16.4. The molecule has 0 radical (unpaired) electrons. The van der Waals surface area contributed by atoms with Crippen LogP contribution in [0.15, 0.2) is 11.6 Å². The molecule has 1 N–H and O–H groups in total. The van der Waals surface area contributed by atoms with Gasteiger partial charge in [-0.3, -0.25) is 4.79 Å². The van der Waals surface area contributed by atoms with E-state index >= 15 is 0 Å². The van der Waals surface area contributed by atoms with E-state index in [2.05, 4.69) is 6.08 Å². The summed E-state index contributed by atoms with van der Waals surface area (Å²) in [5.41, 5.74) is 0.934.